The van der Waals surface area contributed by atoms with E-state index in [-0.39, 0.29) is 23.6 Å². The summed E-state index contributed by atoms with van der Waals surface area (Å²) in [6.45, 7) is 5.32. The van der Waals surface area contributed by atoms with Gasteiger partial charge in [0.25, 0.3) is 0 Å². The highest BCUT2D eigenvalue weighted by molar-refractivity contribution is 7.89. The summed E-state index contributed by atoms with van der Waals surface area (Å²) in [4.78, 5) is 13.6. The second-order valence-corrected chi connectivity index (χ2v) is 11.4. The Morgan fingerprint density at radius 1 is 1.19 bits per heavy atom. The number of anilines is 1. The average molecular weight is 515 g/mol. The van der Waals surface area contributed by atoms with E-state index in [4.69, 9.17) is 9.72 Å². The van der Waals surface area contributed by atoms with Crippen LogP contribution in [0.5, 0.6) is 0 Å². The summed E-state index contributed by atoms with van der Waals surface area (Å²) >= 11 is 0. The normalized spacial score (nSPS) is 20.0. The predicted octanol–water partition coefficient (Wildman–Crippen LogP) is 2.76. The van der Waals surface area contributed by atoms with Crippen molar-refractivity contribution in [3.05, 3.63) is 48.0 Å². The van der Waals surface area contributed by atoms with Crippen LogP contribution in [-0.2, 0) is 14.8 Å². The lowest BCUT2D eigenvalue weighted by atomic mass is 9.89. The molecule has 0 bridgehead atoms. The summed E-state index contributed by atoms with van der Waals surface area (Å²) in [5.41, 5.74) is 3.18. The van der Waals surface area contributed by atoms with Gasteiger partial charge in [-0.2, -0.15) is 0 Å². The van der Waals surface area contributed by atoms with Crippen molar-refractivity contribution >= 4 is 26.9 Å². The Morgan fingerprint density at radius 3 is 2.72 bits per heavy atom. The molecule has 11 heteroatoms. The van der Waals surface area contributed by atoms with E-state index < -0.39 is 10.0 Å². The summed E-state index contributed by atoms with van der Waals surface area (Å²) in [5, 5.41) is 6.65. The van der Waals surface area contributed by atoms with Gasteiger partial charge in [-0.25, -0.2) is 27.1 Å². The molecule has 0 radical (unpaired) electrons. The van der Waals surface area contributed by atoms with Gasteiger partial charge in [-0.15, -0.1) is 0 Å². The number of hydrogen-bond acceptors (Lipinski definition) is 8. The molecule has 0 amide bonds. The van der Waals surface area contributed by atoms with Crippen LogP contribution in [-0.4, -0.2) is 78.9 Å². The number of benzene rings is 1. The summed E-state index contributed by atoms with van der Waals surface area (Å²) in [5.74, 6) is 0.352. The third-order valence-electron chi connectivity index (χ3n) is 6.91. The summed E-state index contributed by atoms with van der Waals surface area (Å²) in [6.07, 6.45) is 4.47. The molecule has 2 aliphatic heterocycles. The van der Waals surface area contributed by atoms with E-state index in [1.54, 1.807) is 25.4 Å². The molecule has 192 valence electrons. The Labute approximate surface area is 210 Å². The van der Waals surface area contributed by atoms with Crippen LogP contribution < -0.4 is 10.6 Å². The second kappa shape index (κ2) is 10.7. The molecule has 4 heterocycles. The summed E-state index contributed by atoms with van der Waals surface area (Å²) in [6, 6.07) is 6.99. The fourth-order valence-electron chi connectivity index (χ4n) is 4.85. The molecule has 1 aromatic carbocycles. The number of halogens is 1. The monoisotopic (exact) mass is 514 g/mol. The van der Waals surface area contributed by atoms with Crippen LogP contribution in [0.25, 0.3) is 22.3 Å². The number of fused-ring (bicyclic) bond motifs is 1. The van der Waals surface area contributed by atoms with Crippen molar-refractivity contribution in [3.63, 3.8) is 0 Å². The average Bonchev–Trinajstić information content (AvgIpc) is 2.92. The minimum atomic E-state index is -3.21. The van der Waals surface area contributed by atoms with Gasteiger partial charge < -0.3 is 15.4 Å². The topological polar surface area (TPSA) is 109 Å². The van der Waals surface area contributed by atoms with Crippen LogP contribution in [0.15, 0.2) is 36.7 Å². The smallest absolute Gasteiger partial charge is 0.213 e. The molecule has 0 saturated carbocycles. The van der Waals surface area contributed by atoms with Crippen molar-refractivity contribution in [3.8, 4) is 11.3 Å². The van der Waals surface area contributed by atoms with Crippen molar-refractivity contribution in [1.29, 1.82) is 0 Å². The Morgan fingerprint density at radius 2 is 2.00 bits per heavy atom. The number of hydrogen-bond donors (Lipinski definition) is 2. The molecule has 2 aliphatic rings. The first-order chi connectivity index (χ1) is 17.4. The highest BCUT2D eigenvalue weighted by atomic mass is 32.2. The fraction of sp³-hybridized carbons (Fsp3) is 0.480. The standard InChI is InChI=1S/C25H31FN6O3S/c1-2-36(33,34)32-10-5-17(6-11-32)20-4-3-18(13-21(20)26)22-14-23-24(29-8-7-28-23)25(31-22)30-16-19-15-27-9-12-35-19/h3-4,7-8,13-14,17,19,27H,2,5-6,9-12,15-16H2,1H3,(H,30,31)/t19-/m0/s1. The Hall–Kier alpha value is -2.73. The number of nitrogens with zero attached hydrogens (tertiary/aromatic N) is 4. The summed E-state index contributed by atoms with van der Waals surface area (Å²) < 4.78 is 46.9. The first kappa shape index (κ1) is 24.9. The third kappa shape index (κ3) is 5.34. The Balaban J connectivity index is 1.37. The zero-order valence-electron chi connectivity index (χ0n) is 20.3. The van der Waals surface area contributed by atoms with Gasteiger partial charge in [-0.3, -0.25) is 4.98 Å². The summed E-state index contributed by atoms with van der Waals surface area (Å²) in [7, 11) is -3.21. The second-order valence-electron chi connectivity index (χ2n) is 9.17. The minimum absolute atomic E-state index is 0.0147. The van der Waals surface area contributed by atoms with Crippen molar-refractivity contribution in [2.24, 2.45) is 0 Å². The van der Waals surface area contributed by atoms with E-state index in [2.05, 4.69) is 20.6 Å². The van der Waals surface area contributed by atoms with Crippen LogP contribution in [0, 0.1) is 5.82 Å². The zero-order valence-corrected chi connectivity index (χ0v) is 21.1. The molecule has 0 spiro atoms. The van der Waals surface area contributed by atoms with Crippen molar-refractivity contribution in [1.82, 2.24) is 24.6 Å². The SMILES string of the molecule is CCS(=O)(=O)N1CCC(c2ccc(-c3cc4nccnc4c(NC[C@@H]4CNCCO4)n3)cc2F)CC1. The highest BCUT2D eigenvalue weighted by Gasteiger charge is 2.28. The van der Waals surface area contributed by atoms with Crippen LogP contribution >= 0.6 is 0 Å². The van der Waals surface area contributed by atoms with E-state index in [0.717, 1.165) is 13.1 Å². The molecule has 2 fully saturated rings. The molecule has 36 heavy (non-hydrogen) atoms. The van der Waals surface area contributed by atoms with Gasteiger partial charge in [0, 0.05) is 50.7 Å². The van der Waals surface area contributed by atoms with Crippen molar-refractivity contribution in [2.75, 3.05) is 50.4 Å². The molecule has 1 atom stereocenters. The van der Waals surface area contributed by atoms with E-state index >= 15 is 4.39 Å². The van der Waals surface area contributed by atoms with E-state index in [0.29, 0.717) is 72.8 Å². The molecule has 3 aromatic rings. The van der Waals surface area contributed by atoms with E-state index in [9.17, 15) is 8.42 Å². The maximum Gasteiger partial charge on any atom is 0.213 e. The van der Waals surface area contributed by atoms with Crippen LogP contribution in [0.3, 0.4) is 0 Å². The van der Waals surface area contributed by atoms with Crippen molar-refractivity contribution in [2.45, 2.75) is 31.8 Å². The number of morpholine rings is 1. The molecule has 5 rings (SSSR count). The van der Waals surface area contributed by atoms with Gasteiger partial charge in [0.1, 0.15) is 11.3 Å². The maximum atomic E-state index is 15.3. The van der Waals surface area contributed by atoms with Crippen LogP contribution in [0.2, 0.25) is 0 Å². The predicted molar refractivity (Wildman–Crippen MR) is 137 cm³/mol. The number of sulfonamides is 1. The van der Waals surface area contributed by atoms with Gasteiger partial charge >= 0.3 is 0 Å². The highest BCUT2D eigenvalue weighted by Crippen LogP contribution is 2.33. The molecule has 0 unspecified atom stereocenters. The molecule has 2 aromatic heterocycles. The van der Waals surface area contributed by atoms with Gasteiger partial charge in [0.2, 0.25) is 10.0 Å². The molecule has 0 aliphatic carbocycles. The van der Waals surface area contributed by atoms with Crippen LogP contribution in [0.4, 0.5) is 10.2 Å². The number of piperidine rings is 1. The van der Waals surface area contributed by atoms with Crippen LogP contribution in [0.1, 0.15) is 31.2 Å². The van der Waals surface area contributed by atoms with Gasteiger partial charge in [0.15, 0.2) is 5.82 Å². The number of ether oxygens (including phenoxy) is 1. The number of aromatic nitrogens is 3. The number of nitrogens with one attached hydrogen (secondary N) is 2. The van der Waals surface area contributed by atoms with E-state index in [1.807, 2.05) is 12.1 Å². The Kier molecular flexibility index (Phi) is 7.42. The molecule has 9 nitrogen and oxygen atoms in total. The zero-order chi connectivity index (χ0) is 25.1. The maximum absolute atomic E-state index is 15.3. The first-order valence-corrected chi connectivity index (χ1v) is 14.0. The lowest BCUT2D eigenvalue weighted by Gasteiger charge is -2.31. The molecule has 2 N–H and O–H groups in total. The van der Waals surface area contributed by atoms with Gasteiger partial charge in [0.05, 0.1) is 29.7 Å². The first-order valence-electron chi connectivity index (χ1n) is 12.4. The fourth-order valence-corrected chi connectivity index (χ4v) is 5.98. The van der Waals surface area contributed by atoms with Gasteiger partial charge in [-0.1, -0.05) is 12.1 Å². The molecule has 2 saturated heterocycles. The molecular weight excluding hydrogens is 483 g/mol. The number of rotatable bonds is 7. The lowest BCUT2D eigenvalue weighted by molar-refractivity contribution is 0.0372. The van der Waals surface area contributed by atoms with Crippen molar-refractivity contribution < 1.29 is 17.5 Å². The van der Waals surface area contributed by atoms with Gasteiger partial charge in [-0.05, 0) is 43.4 Å². The third-order valence-corrected chi connectivity index (χ3v) is 8.79. The van der Waals surface area contributed by atoms with E-state index in [1.165, 1.54) is 10.4 Å². The number of pyridine rings is 1. The quantitative estimate of drug-likeness (QED) is 0.496. The lowest BCUT2D eigenvalue weighted by Crippen LogP contribution is -2.42. The largest absolute Gasteiger partial charge is 0.374 e. The minimum Gasteiger partial charge on any atom is -0.374 e. The Bertz CT molecular complexity index is 1320. The molecular formula is C25H31FN6O3S.